The molecule has 5 nitrogen and oxygen atoms in total. The Kier molecular flexibility index (Phi) is 11.1. The van der Waals surface area contributed by atoms with Crippen molar-refractivity contribution in [3.05, 3.63) is 71.3 Å². The third-order valence-corrected chi connectivity index (χ3v) is 4.85. The van der Waals surface area contributed by atoms with Crippen molar-refractivity contribution in [2.24, 2.45) is 4.99 Å². The van der Waals surface area contributed by atoms with Crippen molar-refractivity contribution in [3.8, 4) is 0 Å². The number of hydrogen-bond donors (Lipinski definition) is 2. The predicted molar refractivity (Wildman–Crippen MR) is 128 cm³/mol. The summed E-state index contributed by atoms with van der Waals surface area (Å²) in [6.07, 6.45) is 3.32. The zero-order chi connectivity index (χ0) is 19.5. The molecule has 0 radical (unpaired) electrons. The lowest BCUT2D eigenvalue weighted by Gasteiger charge is -2.11. The highest BCUT2D eigenvalue weighted by atomic mass is 127. The van der Waals surface area contributed by atoms with E-state index < -0.39 is 9.84 Å². The van der Waals surface area contributed by atoms with Gasteiger partial charge in [0.05, 0.1) is 12.3 Å². The van der Waals surface area contributed by atoms with Gasteiger partial charge in [0, 0.05) is 19.3 Å². The van der Waals surface area contributed by atoms with Gasteiger partial charge in [-0.3, -0.25) is 0 Å². The predicted octanol–water partition coefficient (Wildman–Crippen LogP) is 3.54. The lowest BCUT2D eigenvalue weighted by Crippen LogP contribution is -2.37. The van der Waals surface area contributed by atoms with Gasteiger partial charge < -0.3 is 10.6 Å². The first-order valence-electron chi connectivity index (χ1n) is 9.28. The Morgan fingerprint density at radius 1 is 0.929 bits per heavy atom. The largest absolute Gasteiger partial charge is 0.357 e. The van der Waals surface area contributed by atoms with Gasteiger partial charge in [-0.25, -0.2) is 13.4 Å². The maximum absolute atomic E-state index is 11.3. The van der Waals surface area contributed by atoms with Gasteiger partial charge in [0.1, 0.15) is 0 Å². The Hall–Kier alpha value is -1.61. The molecular formula is C21H30IN3O2S. The number of aryl methyl sites for hydroxylation is 1. The van der Waals surface area contributed by atoms with E-state index in [-0.39, 0.29) is 29.7 Å². The fourth-order valence-corrected chi connectivity index (χ4v) is 3.50. The molecule has 28 heavy (non-hydrogen) atoms. The van der Waals surface area contributed by atoms with Gasteiger partial charge in [-0.2, -0.15) is 0 Å². The Bertz CT molecular complexity index is 822. The van der Waals surface area contributed by atoms with Gasteiger partial charge in [-0.05, 0) is 36.5 Å². The summed E-state index contributed by atoms with van der Waals surface area (Å²) in [5.74, 6) is 0.869. The number of hydrogen-bond acceptors (Lipinski definition) is 3. The molecule has 0 fully saturated rings. The van der Waals surface area contributed by atoms with Gasteiger partial charge in [-0.1, -0.05) is 54.6 Å². The maximum Gasteiger partial charge on any atom is 0.191 e. The molecule has 0 aliphatic rings. The monoisotopic (exact) mass is 515 g/mol. The molecule has 0 aliphatic carbocycles. The van der Waals surface area contributed by atoms with E-state index in [1.807, 2.05) is 37.3 Å². The zero-order valence-electron chi connectivity index (χ0n) is 16.5. The minimum Gasteiger partial charge on any atom is -0.357 e. The number of halogens is 1. The van der Waals surface area contributed by atoms with Gasteiger partial charge >= 0.3 is 0 Å². The third kappa shape index (κ3) is 10.1. The first-order chi connectivity index (χ1) is 13.0. The van der Waals surface area contributed by atoms with Crippen molar-refractivity contribution in [1.29, 1.82) is 0 Å². The first kappa shape index (κ1) is 24.4. The van der Waals surface area contributed by atoms with Crippen LogP contribution in [0.25, 0.3) is 0 Å². The fourth-order valence-electron chi connectivity index (χ4n) is 2.70. The lowest BCUT2D eigenvalue weighted by atomic mass is 10.1. The van der Waals surface area contributed by atoms with Crippen molar-refractivity contribution in [2.75, 3.05) is 19.3 Å². The summed E-state index contributed by atoms with van der Waals surface area (Å²) < 4.78 is 22.7. The topological polar surface area (TPSA) is 70.6 Å². The van der Waals surface area contributed by atoms with E-state index in [1.165, 1.54) is 11.8 Å². The molecule has 0 spiro atoms. The summed E-state index contributed by atoms with van der Waals surface area (Å²) >= 11 is 0. The Morgan fingerprint density at radius 2 is 1.57 bits per heavy atom. The Labute approximate surface area is 186 Å². The third-order valence-electron chi connectivity index (χ3n) is 3.99. The van der Waals surface area contributed by atoms with Crippen molar-refractivity contribution < 1.29 is 8.42 Å². The highest BCUT2D eigenvalue weighted by Crippen LogP contribution is 2.09. The van der Waals surface area contributed by atoms with E-state index in [0.717, 1.165) is 43.0 Å². The summed E-state index contributed by atoms with van der Waals surface area (Å²) in [6, 6.07) is 18.0. The van der Waals surface area contributed by atoms with E-state index in [1.54, 1.807) is 0 Å². The summed E-state index contributed by atoms with van der Waals surface area (Å²) in [5.41, 5.74) is 3.19. The van der Waals surface area contributed by atoms with Crippen LogP contribution in [0, 0.1) is 0 Å². The van der Waals surface area contributed by atoms with Crippen LogP contribution in [0.2, 0.25) is 0 Å². The smallest absolute Gasteiger partial charge is 0.191 e. The Balaban J connectivity index is 0.00000392. The van der Waals surface area contributed by atoms with Crippen LogP contribution in [0.5, 0.6) is 0 Å². The SMILES string of the molecule is CCNC(=NCc1ccc(CS(C)(=O)=O)cc1)NCCCc1ccccc1.I. The van der Waals surface area contributed by atoms with Crippen LogP contribution in [-0.4, -0.2) is 33.7 Å². The lowest BCUT2D eigenvalue weighted by molar-refractivity contribution is 0.601. The molecule has 0 heterocycles. The molecule has 0 aliphatic heterocycles. The minimum absolute atomic E-state index is 0. The average Bonchev–Trinajstić information content (AvgIpc) is 2.64. The van der Waals surface area contributed by atoms with E-state index in [4.69, 9.17) is 0 Å². The molecule has 0 saturated heterocycles. The summed E-state index contributed by atoms with van der Waals surface area (Å²) in [6.45, 7) is 4.25. The van der Waals surface area contributed by atoms with E-state index in [2.05, 4.69) is 39.9 Å². The molecule has 2 N–H and O–H groups in total. The highest BCUT2D eigenvalue weighted by Gasteiger charge is 2.04. The van der Waals surface area contributed by atoms with Crippen molar-refractivity contribution in [2.45, 2.75) is 32.1 Å². The molecule has 0 atom stereocenters. The first-order valence-corrected chi connectivity index (χ1v) is 11.3. The van der Waals surface area contributed by atoms with Crippen LogP contribution in [0.15, 0.2) is 59.6 Å². The molecule has 2 aromatic carbocycles. The quantitative estimate of drug-likeness (QED) is 0.232. The Morgan fingerprint density at radius 3 is 2.18 bits per heavy atom. The molecule has 2 aromatic rings. The summed E-state index contributed by atoms with van der Waals surface area (Å²) in [7, 11) is -3.00. The van der Waals surface area contributed by atoms with Crippen LogP contribution in [0.1, 0.15) is 30.0 Å². The molecule has 0 aromatic heterocycles. The number of guanidine groups is 1. The van der Waals surface area contributed by atoms with Gasteiger partial charge in [-0.15, -0.1) is 24.0 Å². The second-order valence-corrected chi connectivity index (χ2v) is 8.74. The maximum atomic E-state index is 11.3. The van der Waals surface area contributed by atoms with Crippen LogP contribution in [0.4, 0.5) is 0 Å². The number of nitrogens with one attached hydrogen (secondary N) is 2. The number of aliphatic imine (C=N–C) groups is 1. The average molecular weight is 515 g/mol. The normalized spacial score (nSPS) is 11.6. The number of sulfone groups is 1. The standard InChI is InChI=1S/C21H29N3O2S.HI/c1-3-22-21(23-15-7-10-18-8-5-4-6-9-18)24-16-19-11-13-20(14-12-19)17-27(2,25)26;/h4-6,8-9,11-14H,3,7,10,15-17H2,1-2H3,(H2,22,23,24);1H. The van der Waals surface area contributed by atoms with Gasteiger partial charge in [0.2, 0.25) is 0 Å². The van der Waals surface area contributed by atoms with Gasteiger partial charge in [0.25, 0.3) is 0 Å². The zero-order valence-corrected chi connectivity index (χ0v) is 19.7. The van der Waals surface area contributed by atoms with Crippen LogP contribution < -0.4 is 10.6 Å². The van der Waals surface area contributed by atoms with Crippen molar-refractivity contribution in [3.63, 3.8) is 0 Å². The molecule has 0 unspecified atom stereocenters. The van der Waals surface area contributed by atoms with Gasteiger partial charge in [0.15, 0.2) is 15.8 Å². The highest BCUT2D eigenvalue weighted by molar-refractivity contribution is 14.0. The second kappa shape index (κ2) is 12.8. The fraction of sp³-hybridized carbons (Fsp3) is 0.381. The second-order valence-electron chi connectivity index (χ2n) is 6.60. The summed E-state index contributed by atoms with van der Waals surface area (Å²) in [4.78, 5) is 4.61. The molecule has 0 bridgehead atoms. The molecule has 154 valence electrons. The number of nitrogens with zero attached hydrogens (tertiary/aromatic N) is 1. The van der Waals surface area contributed by atoms with Crippen LogP contribution >= 0.6 is 24.0 Å². The van der Waals surface area contributed by atoms with E-state index >= 15 is 0 Å². The van der Waals surface area contributed by atoms with Crippen LogP contribution in [0.3, 0.4) is 0 Å². The molecule has 0 amide bonds. The molecule has 0 saturated carbocycles. The van der Waals surface area contributed by atoms with Crippen LogP contribution in [-0.2, 0) is 28.6 Å². The molecule has 2 rings (SSSR count). The van der Waals surface area contributed by atoms with E-state index in [0.29, 0.717) is 6.54 Å². The minimum atomic E-state index is -3.00. The summed E-state index contributed by atoms with van der Waals surface area (Å²) in [5, 5.41) is 6.62. The molecule has 7 heteroatoms. The van der Waals surface area contributed by atoms with Crippen molar-refractivity contribution >= 4 is 39.8 Å². The number of benzene rings is 2. The molecular weight excluding hydrogens is 485 g/mol. The van der Waals surface area contributed by atoms with Crippen molar-refractivity contribution in [1.82, 2.24) is 10.6 Å². The number of rotatable bonds is 9. The van der Waals surface area contributed by atoms with E-state index in [9.17, 15) is 8.42 Å².